The maximum atomic E-state index is 2.86. The molecular weight excluding hydrogens is 1430 g/mol. The van der Waals surface area contributed by atoms with Crippen LogP contribution in [0.1, 0.15) is 453 Å². The highest BCUT2D eigenvalue weighted by molar-refractivity contribution is 7.36. The Balaban J connectivity index is 1.21. The van der Waals surface area contributed by atoms with E-state index in [0.717, 1.165) is 51.4 Å². The summed E-state index contributed by atoms with van der Waals surface area (Å²) >= 11 is 10.8. The predicted octanol–water partition coefficient (Wildman–Crippen LogP) is 36.3. The molecular formula is C106H152S5. The van der Waals surface area contributed by atoms with Gasteiger partial charge in [-0.2, -0.15) is 0 Å². The van der Waals surface area contributed by atoms with E-state index in [2.05, 4.69) is 208 Å². The van der Waals surface area contributed by atoms with Crippen LogP contribution in [0.5, 0.6) is 0 Å². The Labute approximate surface area is 699 Å². The Bertz CT molecular complexity index is 3840. The highest BCUT2D eigenvalue weighted by Crippen LogP contribution is 2.71. The third kappa shape index (κ3) is 22.8. The second kappa shape index (κ2) is 47.3. The first-order chi connectivity index (χ1) is 54.8. The van der Waals surface area contributed by atoms with Crippen molar-refractivity contribution in [2.24, 2.45) is 0 Å². The van der Waals surface area contributed by atoms with E-state index in [1.807, 2.05) is 0 Å². The molecule has 9 aromatic rings. The molecule has 2 aliphatic carbocycles. The number of fused-ring (bicyclic) bond motifs is 11. The van der Waals surface area contributed by atoms with Crippen LogP contribution in [0.25, 0.3) is 38.3 Å². The number of unbranched alkanes of at least 4 members (excludes halogenated alkanes) is 40. The quantitative estimate of drug-likeness (QED) is 0.0333. The minimum Gasteiger partial charge on any atom is -0.143 e. The van der Waals surface area contributed by atoms with Gasteiger partial charge in [0.25, 0.3) is 0 Å². The van der Waals surface area contributed by atoms with Gasteiger partial charge < -0.3 is 0 Å². The zero-order valence-corrected chi connectivity index (χ0v) is 76.0. The summed E-state index contributed by atoms with van der Waals surface area (Å²) in [6.07, 6.45) is 73.0. The Morgan fingerprint density at radius 1 is 0.207 bits per heavy atom. The monoisotopic (exact) mass is 1590 g/mol. The molecule has 0 nitrogen and oxygen atoms in total. The van der Waals surface area contributed by atoms with E-state index < -0.39 is 10.8 Å². The summed E-state index contributed by atoms with van der Waals surface area (Å²) in [5, 5.41) is 4.99. The summed E-state index contributed by atoms with van der Waals surface area (Å²) in [6.45, 7) is 19.0. The molecule has 0 aliphatic heterocycles. The third-order valence-electron chi connectivity index (χ3n) is 25.9. The van der Waals surface area contributed by atoms with Crippen molar-refractivity contribution in [3.05, 3.63) is 185 Å². The molecule has 11 rings (SSSR count). The number of aryl methyl sites for hydroxylation is 8. The van der Waals surface area contributed by atoms with E-state index in [-0.39, 0.29) is 0 Å². The lowest BCUT2D eigenvalue weighted by Gasteiger charge is -2.35. The van der Waals surface area contributed by atoms with Crippen LogP contribution >= 0.6 is 56.7 Å². The molecule has 4 aromatic carbocycles. The Hall–Kier alpha value is -4.10. The van der Waals surface area contributed by atoms with E-state index in [4.69, 9.17) is 0 Å². The van der Waals surface area contributed by atoms with Crippen molar-refractivity contribution in [1.29, 1.82) is 0 Å². The SMILES string of the molecule is CCCCCCCCc1cc(CCCCCCCC)cc(C2(c3cc(CCCCCCCC)cc(CCCCCCCC)c3)c3ccsc3-c3sc4c5c(sc4c32)-c2sc3ccsc3c2C5(c2cc(CCCCCCCC)cc(CCCCCCCC)c2)c2cc(CCCCCCCC)cc(CCCCCCCC)c2)c1. The van der Waals surface area contributed by atoms with Crippen LogP contribution in [-0.4, -0.2) is 0 Å². The van der Waals surface area contributed by atoms with Crippen molar-refractivity contribution in [2.75, 3.05) is 0 Å². The molecule has 111 heavy (non-hydrogen) atoms. The largest absolute Gasteiger partial charge is 0.143 e. The highest BCUT2D eigenvalue weighted by Gasteiger charge is 2.56. The minimum absolute atomic E-state index is 0.481. The summed E-state index contributed by atoms with van der Waals surface area (Å²) in [6, 6.07) is 38.9. The fourth-order valence-electron chi connectivity index (χ4n) is 19.8. The lowest BCUT2D eigenvalue weighted by molar-refractivity contribution is 0.603. The average molecular weight is 1590 g/mol. The third-order valence-corrected chi connectivity index (χ3v) is 31.9. The molecule has 0 saturated heterocycles. The van der Waals surface area contributed by atoms with Gasteiger partial charge in [0.2, 0.25) is 0 Å². The summed E-state index contributed by atoms with van der Waals surface area (Å²) in [5.41, 5.74) is 24.5. The zero-order chi connectivity index (χ0) is 77.3. The first kappa shape index (κ1) is 87.7. The van der Waals surface area contributed by atoms with Crippen molar-refractivity contribution in [1.82, 2.24) is 0 Å². The van der Waals surface area contributed by atoms with Crippen LogP contribution in [0.4, 0.5) is 0 Å². The van der Waals surface area contributed by atoms with Gasteiger partial charge in [-0.1, -0.05) is 385 Å². The summed E-state index contributed by atoms with van der Waals surface area (Å²) < 4.78 is 6.23. The summed E-state index contributed by atoms with van der Waals surface area (Å²) in [7, 11) is 0. The molecule has 5 aromatic heterocycles. The van der Waals surface area contributed by atoms with Gasteiger partial charge in [-0.15, -0.1) is 56.7 Å². The van der Waals surface area contributed by atoms with Crippen molar-refractivity contribution < 1.29 is 0 Å². The second-order valence-electron chi connectivity index (χ2n) is 35.1. The molecule has 0 N–H and O–H groups in total. The fourth-order valence-corrected chi connectivity index (χ4v) is 26.6. The standard InChI is InChI=1S/C106H152S5/c1-9-17-25-33-41-49-57-81-69-82(58-50-42-34-26-18-10-2)74-89(73-81)105(90-75-83(59-51-43-35-27-19-11-3)70-84(76-90)60-52-44-36-28-20-12-4)93-65-67-107-98(93)100-96(105)102-104(110-100)97-103(111-102)101-95(99-94(109-101)66-68-108-99)106(97,91-77-85(61-53-45-37-29-21-13-5)71-86(78-91)62-54-46-38-30-22-14-6)92-79-87(63-55-47-39-31-23-15-7)72-88(80-92)64-56-48-40-32-24-16-8/h65-80H,9-64H2,1-8H3. The topological polar surface area (TPSA) is 0 Å². The van der Waals surface area contributed by atoms with E-state index in [9.17, 15) is 0 Å². The van der Waals surface area contributed by atoms with Crippen LogP contribution < -0.4 is 0 Å². The Kier molecular flexibility index (Phi) is 37.4. The number of rotatable bonds is 60. The van der Waals surface area contributed by atoms with E-state index in [0.29, 0.717) is 0 Å². The molecule has 2 aliphatic rings. The van der Waals surface area contributed by atoms with Crippen LogP contribution in [0, 0.1) is 0 Å². The van der Waals surface area contributed by atoms with Gasteiger partial charge in [-0.3, -0.25) is 0 Å². The smallest absolute Gasteiger partial charge is 0.0759 e. The zero-order valence-electron chi connectivity index (χ0n) is 71.9. The Morgan fingerprint density at radius 2 is 0.432 bits per heavy atom. The van der Waals surface area contributed by atoms with Crippen LogP contribution in [0.2, 0.25) is 0 Å². The summed E-state index contributed by atoms with van der Waals surface area (Å²) in [4.78, 5) is 6.29. The molecule has 0 atom stereocenters. The van der Waals surface area contributed by atoms with Crippen LogP contribution in [0.15, 0.2) is 95.7 Å². The lowest BCUT2D eigenvalue weighted by Crippen LogP contribution is -2.30. The maximum Gasteiger partial charge on any atom is 0.0759 e. The Morgan fingerprint density at radius 3 is 0.721 bits per heavy atom. The predicted molar refractivity (Wildman–Crippen MR) is 502 cm³/mol. The first-order valence-corrected chi connectivity index (χ1v) is 51.7. The molecule has 0 fully saturated rings. The number of hydrogen-bond acceptors (Lipinski definition) is 5. The van der Waals surface area contributed by atoms with Crippen molar-refractivity contribution >= 4 is 75.5 Å². The van der Waals surface area contributed by atoms with Crippen molar-refractivity contribution in [2.45, 2.75) is 426 Å². The second-order valence-corrected chi connectivity index (χ2v) is 40.1. The van der Waals surface area contributed by atoms with Crippen molar-refractivity contribution in [3.8, 4) is 19.5 Å². The molecule has 606 valence electrons. The number of benzene rings is 4. The highest BCUT2D eigenvalue weighted by atomic mass is 32.1. The minimum atomic E-state index is -0.506. The maximum absolute atomic E-state index is 2.86. The van der Waals surface area contributed by atoms with Crippen LogP contribution in [0.3, 0.4) is 0 Å². The van der Waals surface area contributed by atoms with E-state index >= 15 is 0 Å². The molecule has 0 amide bonds. The molecule has 0 radical (unpaired) electrons. The molecule has 0 spiro atoms. The first-order valence-electron chi connectivity index (χ1n) is 47.5. The number of hydrogen-bond donors (Lipinski definition) is 0. The van der Waals surface area contributed by atoms with Crippen molar-refractivity contribution in [3.63, 3.8) is 0 Å². The lowest BCUT2D eigenvalue weighted by atomic mass is 9.66. The van der Waals surface area contributed by atoms with E-state index in [1.165, 1.54) is 313 Å². The summed E-state index contributed by atoms with van der Waals surface area (Å²) in [5.74, 6) is 0. The van der Waals surface area contributed by atoms with E-state index in [1.54, 1.807) is 123 Å². The van der Waals surface area contributed by atoms with Gasteiger partial charge in [0.05, 0.1) is 39.6 Å². The average Bonchev–Trinajstić information content (AvgIpc) is 1.48. The molecule has 0 unspecified atom stereocenters. The normalized spacial score (nSPS) is 13.4. The van der Waals surface area contributed by atoms with Gasteiger partial charge in [0.15, 0.2) is 0 Å². The number of thiophene rings is 5. The molecule has 0 saturated carbocycles. The van der Waals surface area contributed by atoms with Gasteiger partial charge in [0, 0.05) is 26.3 Å². The molecule has 5 heterocycles. The molecule has 5 heteroatoms. The fraction of sp³-hybridized carbons (Fsp3) is 0.623. The van der Waals surface area contributed by atoms with Crippen LogP contribution in [-0.2, 0) is 62.2 Å². The molecule has 0 bridgehead atoms. The van der Waals surface area contributed by atoms with Gasteiger partial charge in [-0.25, -0.2) is 0 Å². The van der Waals surface area contributed by atoms with Gasteiger partial charge >= 0.3 is 0 Å². The van der Waals surface area contributed by atoms with Gasteiger partial charge in [0.1, 0.15) is 0 Å². The van der Waals surface area contributed by atoms with Gasteiger partial charge in [-0.05, 0) is 198 Å².